The van der Waals surface area contributed by atoms with Crippen molar-refractivity contribution in [3.8, 4) is 0 Å². The summed E-state index contributed by atoms with van der Waals surface area (Å²) in [5.74, 6) is 0.770. The largest absolute Gasteiger partial charge is 0.361 e. The molecule has 1 aromatic heterocycles. The molecule has 2 heterocycles. The second kappa shape index (κ2) is 6.63. The van der Waals surface area contributed by atoms with Crippen molar-refractivity contribution in [3.63, 3.8) is 0 Å². The second-order valence-electron chi connectivity index (χ2n) is 6.60. The van der Waals surface area contributed by atoms with Crippen LogP contribution in [-0.4, -0.2) is 36.1 Å². The highest BCUT2D eigenvalue weighted by atomic mass is 15.2. The van der Waals surface area contributed by atoms with Crippen LogP contribution in [0, 0.1) is 5.92 Å². The highest BCUT2D eigenvalue weighted by Crippen LogP contribution is 2.29. The summed E-state index contributed by atoms with van der Waals surface area (Å²) >= 11 is 0. The number of benzene rings is 1. The molecule has 1 aliphatic heterocycles. The van der Waals surface area contributed by atoms with E-state index in [9.17, 15) is 0 Å². The first kappa shape index (κ1) is 14.6. The van der Waals surface area contributed by atoms with Gasteiger partial charge in [0.15, 0.2) is 0 Å². The van der Waals surface area contributed by atoms with Gasteiger partial charge in [-0.15, -0.1) is 0 Å². The fourth-order valence-corrected chi connectivity index (χ4v) is 3.32. The molecule has 0 radical (unpaired) electrons. The van der Waals surface area contributed by atoms with Gasteiger partial charge in [-0.25, -0.2) is 0 Å². The summed E-state index contributed by atoms with van der Waals surface area (Å²) in [7, 11) is 0. The molecule has 1 aliphatic rings. The van der Waals surface area contributed by atoms with Crippen LogP contribution in [0.5, 0.6) is 0 Å². The lowest BCUT2D eigenvalue weighted by Gasteiger charge is -2.35. The Balaban J connectivity index is 1.84. The van der Waals surface area contributed by atoms with Gasteiger partial charge in [-0.2, -0.15) is 0 Å². The molecule has 2 aromatic rings. The Kier molecular flexibility index (Phi) is 4.61. The fourth-order valence-electron chi connectivity index (χ4n) is 3.32. The smallest absolute Gasteiger partial charge is 0.0454 e. The number of fused-ring (bicyclic) bond motifs is 1. The second-order valence-corrected chi connectivity index (χ2v) is 6.60. The Morgan fingerprint density at radius 1 is 1.10 bits per heavy atom. The fraction of sp³-hybridized carbons (Fsp3) is 0.556. The maximum absolute atomic E-state index is 3.46. The normalized spacial score (nSPS) is 18.4. The van der Waals surface area contributed by atoms with Gasteiger partial charge in [0.25, 0.3) is 0 Å². The first-order chi connectivity index (χ1) is 10.2. The van der Waals surface area contributed by atoms with Gasteiger partial charge < -0.3 is 10.3 Å². The zero-order valence-electron chi connectivity index (χ0n) is 13.2. The van der Waals surface area contributed by atoms with E-state index in [2.05, 4.69) is 53.3 Å². The zero-order chi connectivity index (χ0) is 14.7. The lowest BCUT2D eigenvalue weighted by Crippen LogP contribution is -2.45. The van der Waals surface area contributed by atoms with Gasteiger partial charge in [-0.05, 0) is 47.9 Å². The molecule has 0 spiro atoms. The van der Waals surface area contributed by atoms with Crippen LogP contribution in [0.15, 0.2) is 30.5 Å². The van der Waals surface area contributed by atoms with Gasteiger partial charge in [0.2, 0.25) is 0 Å². The quantitative estimate of drug-likeness (QED) is 0.880. The highest BCUT2D eigenvalue weighted by molar-refractivity contribution is 5.80. The number of nitrogens with zero attached hydrogens (tertiary/aromatic N) is 1. The summed E-state index contributed by atoms with van der Waals surface area (Å²) in [5, 5.41) is 4.80. The number of H-pyrrole nitrogens is 1. The van der Waals surface area contributed by atoms with E-state index in [1.54, 1.807) is 0 Å². The van der Waals surface area contributed by atoms with E-state index in [1.165, 1.54) is 29.3 Å². The summed E-state index contributed by atoms with van der Waals surface area (Å²) in [6.45, 7) is 9.20. The van der Waals surface area contributed by atoms with E-state index in [0.29, 0.717) is 6.04 Å². The molecule has 1 fully saturated rings. The molecule has 0 saturated carbocycles. The molecule has 3 nitrogen and oxygen atoms in total. The van der Waals surface area contributed by atoms with Gasteiger partial charge in [-0.3, -0.25) is 4.90 Å². The monoisotopic (exact) mass is 285 g/mol. The Hall–Kier alpha value is -1.32. The summed E-state index contributed by atoms with van der Waals surface area (Å²) in [5.41, 5.74) is 2.71. The lowest BCUT2D eigenvalue weighted by molar-refractivity contribution is 0.160. The summed E-state index contributed by atoms with van der Waals surface area (Å²) < 4.78 is 0. The molecule has 0 amide bonds. The van der Waals surface area contributed by atoms with Crippen LogP contribution in [0.2, 0.25) is 0 Å². The van der Waals surface area contributed by atoms with Gasteiger partial charge >= 0.3 is 0 Å². The Morgan fingerprint density at radius 2 is 1.90 bits per heavy atom. The van der Waals surface area contributed by atoms with Crippen molar-refractivity contribution >= 4 is 10.9 Å². The molecule has 3 rings (SSSR count). The predicted octanol–water partition coefficient (Wildman–Crippen LogP) is 3.55. The van der Waals surface area contributed by atoms with Crippen molar-refractivity contribution in [2.24, 2.45) is 5.92 Å². The van der Waals surface area contributed by atoms with Crippen molar-refractivity contribution in [3.05, 3.63) is 36.0 Å². The van der Waals surface area contributed by atoms with Crippen molar-refractivity contribution in [1.29, 1.82) is 0 Å². The Morgan fingerprint density at radius 3 is 2.67 bits per heavy atom. The van der Waals surface area contributed by atoms with E-state index in [0.717, 1.165) is 32.1 Å². The molecule has 0 aliphatic carbocycles. The van der Waals surface area contributed by atoms with E-state index >= 15 is 0 Å². The number of nitrogens with one attached hydrogen (secondary N) is 2. The average Bonchev–Trinajstić information content (AvgIpc) is 2.96. The van der Waals surface area contributed by atoms with E-state index in [4.69, 9.17) is 0 Å². The molecule has 0 unspecified atom stereocenters. The number of aromatic amines is 1. The molecule has 21 heavy (non-hydrogen) atoms. The predicted molar refractivity (Wildman–Crippen MR) is 89.6 cm³/mol. The SMILES string of the molecule is CC(C)CC[C@H](c1ccc2[nH]ccc2c1)N1CCNCC1. The van der Waals surface area contributed by atoms with Crippen LogP contribution >= 0.6 is 0 Å². The van der Waals surface area contributed by atoms with Crippen LogP contribution in [0.4, 0.5) is 0 Å². The molecule has 2 N–H and O–H groups in total. The van der Waals surface area contributed by atoms with Crippen molar-refractivity contribution in [2.45, 2.75) is 32.7 Å². The number of piperazine rings is 1. The Labute approximate surface area is 127 Å². The third kappa shape index (κ3) is 3.47. The average molecular weight is 285 g/mol. The molecule has 1 atom stereocenters. The topological polar surface area (TPSA) is 31.1 Å². The number of hydrogen-bond acceptors (Lipinski definition) is 2. The number of rotatable bonds is 5. The standard InChI is InChI=1S/C18H27N3/c1-14(2)3-6-18(21-11-9-19-10-12-21)16-4-5-17-15(13-16)7-8-20-17/h4-5,7-8,13-14,18-20H,3,6,9-12H2,1-2H3/t18-/m1/s1. The summed E-state index contributed by atoms with van der Waals surface area (Å²) in [6.07, 6.45) is 4.58. The summed E-state index contributed by atoms with van der Waals surface area (Å²) in [6, 6.07) is 9.66. The van der Waals surface area contributed by atoms with E-state index in [-0.39, 0.29) is 0 Å². The molecule has 3 heteroatoms. The van der Waals surface area contributed by atoms with Gasteiger partial charge in [-0.1, -0.05) is 19.9 Å². The third-order valence-electron chi connectivity index (χ3n) is 4.57. The van der Waals surface area contributed by atoms with Crippen LogP contribution in [0.25, 0.3) is 10.9 Å². The van der Waals surface area contributed by atoms with E-state index in [1.807, 2.05) is 6.20 Å². The van der Waals surface area contributed by atoms with Crippen molar-refractivity contribution in [1.82, 2.24) is 15.2 Å². The van der Waals surface area contributed by atoms with Gasteiger partial charge in [0.05, 0.1) is 0 Å². The van der Waals surface area contributed by atoms with Gasteiger partial charge in [0.1, 0.15) is 0 Å². The molecule has 1 saturated heterocycles. The minimum absolute atomic E-state index is 0.564. The van der Waals surface area contributed by atoms with Crippen LogP contribution in [0.1, 0.15) is 38.3 Å². The van der Waals surface area contributed by atoms with E-state index < -0.39 is 0 Å². The van der Waals surface area contributed by atoms with Crippen molar-refractivity contribution < 1.29 is 0 Å². The van der Waals surface area contributed by atoms with Crippen LogP contribution in [-0.2, 0) is 0 Å². The first-order valence-electron chi connectivity index (χ1n) is 8.26. The molecule has 114 valence electrons. The molecular formula is C18H27N3. The zero-order valence-corrected chi connectivity index (χ0v) is 13.2. The maximum Gasteiger partial charge on any atom is 0.0454 e. The first-order valence-corrected chi connectivity index (χ1v) is 8.26. The maximum atomic E-state index is 3.46. The Bertz CT molecular complexity index is 567. The van der Waals surface area contributed by atoms with Crippen LogP contribution in [0.3, 0.4) is 0 Å². The molecule has 1 aromatic carbocycles. The minimum Gasteiger partial charge on any atom is -0.361 e. The highest BCUT2D eigenvalue weighted by Gasteiger charge is 2.22. The third-order valence-corrected chi connectivity index (χ3v) is 4.57. The lowest BCUT2D eigenvalue weighted by atomic mass is 9.95. The number of hydrogen-bond donors (Lipinski definition) is 2. The van der Waals surface area contributed by atoms with Crippen LogP contribution < -0.4 is 5.32 Å². The summed E-state index contributed by atoms with van der Waals surface area (Å²) in [4.78, 5) is 5.95. The molecular weight excluding hydrogens is 258 g/mol. The minimum atomic E-state index is 0.564. The number of aromatic nitrogens is 1. The van der Waals surface area contributed by atoms with Gasteiger partial charge in [0, 0.05) is 43.9 Å². The molecule has 0 bridgehead atoms. The van der Waals surface area contributed by atoms with Crippen molar-refractivity contribution in [2.75, 3.05) is 26.2 Å².